The van der Waals surface area contributed by atoms with Crippen LogP contribution in [0.5, 0.6) is 0 Å². The highest BCUT2D eigenvalue weighted by Crippen LogP contribution is 2.24. The third-order valence-corrected chi connectivity index (χ3v) is 3.67. The molecule has 0 amide bonds. The van der Waals surface area contributed by atoms with Gasteiger partial charge in [0.1, 0.15) is 0 Å². The van der Waals surface area contributed by atoms with Crippen molar-refractivity contribution >= 4 is 0 Å². The van der Waals surface area contributed by atoms with Crippen molar-refractivity contribution < 1.29 is 0 Å². The maximum absolute atomic E-state index is 12.1. The van der Waals surface area contributed by atoms with Gasteiger partial charge in [0.05, 0.1) is 0 Å². The first-order chi connectivity index (χ1) is 8.72. The number of aromatic nitrogens is 2. The Labute approximate surface area is 106 Å². The van der Waals surface area contributed by atoms with E-state index >= 15 is 0 Å². The van der Waals surface area contributed by atoms with Gasteiger partial charge < -0.3 is 10.3 Å². The van der Waals surface area contributed by atoms with Crippen LogP contribution in [0.4, 0.5) is 0 Å². The normalized spacial score (nSPS) is 16.9. The van der Waals surface area contributed by atoms with E-state index in [0.29, 0.717) is 19.0 Å². The highest BCUT2D eigenvalue weighted by Gasteiger charge is 2.15. The van der Waals surface area contributed by atoms with Crippen molar-refractivity contribution in [2.24, 2.45) is 11.7 Å². The van der Waals surface area contributed by atoms with Crippen molar-refractivity contribution in [1.29, 1.82) is 0 Å². The van der Waals surface area contributed by atoms with Crippen molar-refractivity contribution in [2.45, 2.75) is 45.2 Å². The average molecular weight is 251 g/mol. The first-order valence-corrected chi connectivity index (χ1v) is 6.72. The lowest BCUT2D eigenvalue weighted by atomic mass is 9.89. The summed E-state index contributed by atoms with van der Waals surface area (Å²) in [7, 11) is 0. The molecule has 1 aromatic rings. The molecule has 0 aliphatic heterocycles. The topological polar surface area (TPSA) is 70.0 Å². The predicted octanol–water partition coefficient (Wildman–Crippen LogP) is 0.549. The largest absolute Gasteiger partial charge is 0.331 e. The van der Waals surface area contributed by atoms with Crippen LogP contribution < -0.4 is 17.0 Å². The summed E-state index contributed by atoms with van der Waals surface area (Å²) in [6.45, 7) is 1.33. The maximum atomic E-state index is 12.1. The summed E-state index contributed by atoms with van der Waals surface area (Å²) in [5.41, 5.74) is 4.94. The van der Waals surface area contributed by atoms with Gasteiger partial charge in [-0.2, -0.15) is 0 Å². The Bertz CT molecular complexity index is 498. The van der Waals surface area contributed by atoms with E-state index in [2.05, 4.69) is 0 Å². The molecule has 0 aromatic carbocycles. The lowest BCUT2D eigenvalue weighted by molar-refractivity contribution is 0.311. The van der Waals surface area contributed by atoms with Crippen LogP contribution in [-0.4, -0.2) is 15.7 Å². The Morgan fingerprint density at radius 2 is 1.94 bits per heavy atom. The lowest BCUT2D eigenvalue weighted by Gasteiger charge is -2.22. The molecule has 0 spiro atoms. The van der Waals surface area contributed by atoms with Gasteiger partial charge in [-0.15, -0.1) is 0 Å². The van der Waals surface area contributed by atoms with Gasteiger partial charge in [0.25, 0.3) is 5.56 Å². The molecule has 5 nitrogen and oxygen atoms in total. The minimum atomic E-state index is -0.259. The summed E-state index contributed by atoms with van der Waals surface area (Å²) in [6.07, 6.45) is 7.79. The standard InChI is InChI=1S/C13H21N3O2/c14-7-9-16-12(17)6-8-15(13(16)18)10-11-4-2-1-3-5-11/h6,8,11H,1-5,7,9-10,14H2. The molecule has 1 aliphatic carbocycles. The quantitative estimate of drug-likeness (QED) is 0.849. The van der Waals surface area contributed by atoms with Crippen molar-refractivity contribution in [3.63, 3.8) is 0 Å². The lowest BCUT2D eigenvalue weighted by Crippen LogP contribution is -2.41. The van der Waals surface area contributed by atoms with Crippen LogP contribution in [0.15, 0.2) is 21.9 Å². The number of hydrogen-bond donors (Lipinski definition) is 1. The Morgan fingerprint density at radius 3 is 2.61 bits per heavy atom. The monoisotopic (exact) mass is 251 g/mol. The average Bonchev–Trinajstić information content (AvgIpc) is 2.39. The van der Waals surface area contributed by atoms with Gasteiger partial charge in [-0.3, -0.25) is 9.36 Å². The Morgan fingerprint density at radius 1 is 1.22 bits per heavy atom. The summed E-state index contributed by atoms with van der Waals surface area (Å²) < 4.78 is 2.88. The number of hydrogen-bond acceptors (Lipinski definition) is 3. The molecule has 0 saturated heterocycles. The van der Waals surface area contributed by atoms with Crippen molar-refractivity contribution in [1.82, 2.24) is 9.13 Å². The molecule has 1 saturated carbocycles. The molecule has 2 rings (SSSR count). The molecule has 0 bridgehead atoms. The fraction of sp³-hybridized carbons (Fsp3) is 0.692. The summed E-state index contributed by atoms with van der Waals surface area (Å²) in [5.74, 6) is 0.570. The highest BCUT2D eigenvalue weighted by molar-refractivity contribution is 4.87. The van der Waals surface area contributed by atoms with Gasteiger partial charge in [0.15, 0.2) is 0 Å². The first kappa shape index (κ1) is 13.1. The summed E-state index contributed by atoms with van der Waals surface area (Å²) in [6, 6.07) is 1.46. The SMILES string of the molecule is NCCn1c(=O)ccn(CC2CCCCC2)c1=O. The Hall–Kier alpha value is -1.36. The van der Waals surface area contributed by atoms with Gasteiger partial charge in [-0.05, 0) is 18.8 Å². The molecule has 18 heavy (non-hydrogen) atoms. The van der Waals surface area contributed by atoms with Gasteiger partial charge >= 0.3 is 5.69 Å². The van der Waals surface area contributed by atoms with Crippen molar-refractivity contribution in [2.75, 3.05) is 6.54 Å². The van der Waals surface area contributed by atoms with E-state index in [4.69, 9.17) is 5.73 Å². The maximum Gasteiger partial charge on any atom is 0.331 e. The number of rotatable bonds is 4. The van der Waals surface area contributed by atoms with Crippen LogP contribution in [-0.2, 0) is 13.1 Å². The molecule has 1 heterocycles. The van der Waals surface area contributed by atoms with Crippen molar-refractivity contribution in [3.8, 4) is 0 Å². The summed E-state index contributed by atoms with van der Waals surface area (Å²) in [4.78, 5) is 23.7. The molecule has 0 atom stereocenters. The van der Waals surface area contributed by atoms with E-state index < -0.39 is 0 Å². The van der Waals surface area contributed by atoms with E-state index in [1.54, 1.807) is 10.8 Å². The fourth-order valence-electron chi connectivity index (χ4n) is 2.68. The minimum Gasteiger partial charge on any atom is -0.329 e. The zero-order valence-electron chi connectivity index (χ0n) is 10.7. The molecular weight excluding hydrogens is 230 g/mol. The Kier molecular flexibility index (Phi) is 4.36. The number of nitrogens with two attached hydrogens (primary N) is 1. The molecule has 2 N–H and O–H groups in total. The molecule has 0 radical (unpaired) electrons. The van der Waals surface area contributed by atoms with Crippen LogP contribution >= 0.6 is 0 Å². The summed E-state index contributed by atoms with van der Waals surface area (Å²) in [5, 5.41) is 0. The molecule has 100 valence electrons. The second kappa shape index (κ2) is 6.00. The van der Waals surface area contributed by atoms with Gasteiger partial charge in [0.2, 0.25) is 0 Å². The van der Waals surface area contributed by atoms with E-state index in [1.807, 2.05) is 0 Å². The third kappa shape index (κ3) is 2.90. The van der Waals surface area contributed by atoms with Crippen LogP contribution in [0.1, 0.15) is 32.1 Å². The Balaban J connectivity index is 2.20. The van der Waals surface area contributed by atoms with Crippen molar-refractivity contribution in [3.05, 3.63) is 33.1 Å². The number of nitrogens with zero attached hydrogens (tertiary/aromatic N) is 2. The van der Waals surface area contributed by atoms with Crippen LogP contribution in [0, 0.1) is 5.92 Å². The summed E-state index contributed by atoms with van der Waals surface area (Å²) >= 11 is 0. The molecule has 1 fully saturated rings. The van der Waals surface area contributed by atoms with E-state index in [9.17, 15) is 9.59 Å². The molecule has 1 aliphatic rings. The highest BCUT2D eigenvalue weighted by atomic mass is 16.2. The molecular formula is C13H21N3O2. The third-order valence-electron chi connectivity index (χ3n) is 3.67. The first-order valence-electron chi connectivity index (χ1n) is 6.72. The van der Waals surface area contributed by atoms with E-state index in [1.165, 1.54) is 42.7 Å². The molecule has 5 heteroatoms. The van der Waals surface area contributed by atoms with Gasteiger partial charge in [-0.25, -0.2) is 4.79 Å². The van der Waals surface area contributed by atoms with Crippen LogP contribution in [0.2, 0.25) is 0 Å². The van der Waals surface area contributed by atoms with Gasteiger partial charge in [0, 0.05) is 31.9 Å². The van der Waals surface area contributed by atoms with Crippen LogP contribution in [0.3, 0.4) is 0 Å². The van der Waals surface area contributed by atoms with E-state index in [0.717, 1.165) is 6.54 Å². The second-order valence-electron chi connectivity index (χ2n) is 5.03. The molecule has 1 aromatic heterocycles. The predicted molar refractivity (Wildman–Crippen MR) is 70.6 cm³/mol. The van der Waals surface area contributed by atoms with Crippen LogP contribution in [0.25, 0.3) is 0 Å². The zero-order valence-corrected chi connectivity index (χ0v) is 10.7. The van der Waals surface area contributed by atoms with E-state index in [-0.39, 0.29) is 11.2 Å². The zero-order chi connectivity index (χ0) is 13.0. The van der Waals surface area contributed by atoms with Gasteiger partial charge in [-0.1, -0.05) is 19.3 Å². The molecule has 0 unspecified atom stereocenters. The minimum absolute atomic E-state index is 0.224. The second-order valence-corrected chi connectivity index (χ2v) is 5.03. The fourth-order valence-corrected chi connectivity index (χ4v) is 2.68. The smallest absolute Gasteiger partial charge is 0.329 e.